The second-order valence-corrected chi connectivity index (χ2v) is 7.58. The van der Waals surface area contributed by atoms with Crippen molar-refractivity contribution in [3.8, 4) is 11.5 Å². The topological polar surface area (TPSA) is 69.0 Å². The zero-order valence-corrected chi connectivity index (χ0v) is 14.5. The highest BCUT2D eigenvalue weighted by Crippen LogP contribution is 2.34. The predicted molar refractivity (Wildman–Crippen MR) is 92.8 cm³/mol. The van der Waals surface area contributed by atoms with Crippen molar-refractivity contribution in [3.63, 3.8) is 0 Å². The average Bonchev–Trinajstić information content (AvgIpc) is 3.37. The molecule has 1 fully saturated rings. The minimum absolute atomic E-state index is 0.170. The van der Waals surface area contributed by atoms with Gasteiger partial charge in [-0.15, -0.1) is 21.5 Å². The van der Waals surface area contributed by atoms with Gasteiger partial charge in [-0.25, -0.2) is 4.98 Å². The molecule has 2 aliphatic rings. The van der Waals surface area contributed by atoms with Gasteiger partial charge in [0.1, 0.15) is 22.9 Å². The lowest BCUT2D eigenvalue weighted by molar-refractivity contribution is -0.0821. The molecule has 3 aromatic heterocycles. The van der Waals surface area contributed by atoms with E-state index in [4.69, 9.17) is 4.74 Å². The molecule has 5 heterocycles. The van der Waals surface area contributed by atoms with Gasteiger partial charge in [-0.2, -0.15) is 0 Å². The molecule has 0 amide bonds. The molecule has 0 radical (unpaired) electrons. The Morgan fingerprint density at radius 2 is 2.16 bits per heavy atom. The second kappa shape index (κ2) is 5.98. The van der Waals surface area contributed by atoms with Crippen LogP contribution in [0.3, 0.4) is 0 Å². The van der Waals surface area contributed by atoms with E-state index in [1.165, 1.54) is 0 Å². The molecule has 0 bridgehead atoms. The summed E-state index contributed by atoms with van der Waals surface area (Å²) in [5, 5.41) is 11.8. The molecule has 7 nitrogen and oxygen atoms in total. The molecule has 25 heavy (non-hydrogen) atoms. The van der Waals surface area contributed by atoms with E-state index in [1.807, 2.05) is 29.8 Å². The first kappa shape index (κ1) is 15.1. The van der Waals surface area contributed by atoms with Crippen molar-refractivity contribution >= 4 is 11.3 Å². The minimum Gasteiger partial charge on any atom is -0.364 e. The van der Waals surface area contributed by atoms with E-state index in [-0.39, 0.29) is 5.60 Å². The van der Waals surface area contributed by atoms with Crippen LogP contribution in [0.2, 0.25) is 0 Å². The maximum absolute atomic E-state index is 6.25. The largest absolute Gasteiger partial charge is 0.364 e. The van der Waals surface area contributed by atoms with E-state index in [0.717, 1.165) is 55.0 Å². The summed E-state index contributed by atoms with van der Waals surface area (Å²) >= 11 is 1.71. The van der Waals surface area contributed by atoms with Crippen molar-refractivity contribution in [2.45, 2.75) is 31.7 Å². The Morgan fingerprint density at radius 1 is 1.16 bits per heavy atom. The molecule has 1 atom stereocenters. The Bertz CT molecular complexity index is 865. The lowest BCUT2D eigenvalue weighted by Gasteiger charge is -2.34. The van der Waals surface area contributed by atoms with Crippen LogP contribution in [0.25, 0.3) is 11.5 Å². The quantitative estimate of drug-likeness (QED) is 0.716. The summed E-state index contributed by atoms with van der Waals surface area (Å²) in [6, 6.07) is 5.86. The third kappa shape index (κ3) is 2.76. The van der Waals surface area contributed by atoms with Gasteiger partial charge >= 0.3 is 0 Å². The monoisotopic (exact) mass is 354 g/mol. The summed E-state index contributed by atoms with van der Waals surface area (Å²) in [5.41, 5.74) is 0.687. The van der Waals surface area contributed by atoms with Crippen LogP contribution in [-0.4, -0.2) is 48.3 Å². The summed E-state index contributed by atoms with van der Waals surface area (Å²) < 4.78 is 8.43. The Labute approximate surface area is 149 Å². The molecule has 0 N–H and O–H groups in total. The lowest BCUT2D eigenvalue weighted by Crippen LogP contribution is -2.44. The molecule has 0 saturated carbocycles. The van der Waals surface area contributed by atoms with Crippen molar-refractivity contribution in [2.24, 2.45) is 0 Å². The Kier molecular flexibility index (Phi) is 3.61. The van der Waals surface area contributed by atoms with E-state index < -0.39 is 0 Å². The number of rotatable bonds is 3. The van der Waals surface area contributed by atoms with Crippen LogP contribution in [0, 0.1) is 0 Å². The van der Waals surface area contributed by atoms with Crippen LogP contribution in [0.4, 0.5) is 0 Å². The molecule has 128 valence electrons. The van der Waals surface area contributed by atoms with Gasteiger partial charge in [-0.3, -0.25) is 9.88 Å². The molecule has 1 saturated heterocycles. The third-order valence-corrected chi connectivity index (χ3v) is 5.68. The normalized spacial score (nSPS) is 23.2. The Morgan fingerprint density at radius 3 is 3.00 bits per heavy atom. The van der Waals surface area contributed by atoms with Crippen molar-refractivity contribution < 1.29 is 4.74 Å². The molecular weight excluding hydrogens is 336 g/mol. The summed E-state index contributed by atoms with van der Waals surface area (Å²) in [7, 11) is 0. The van der Waals surface area contributed by atoms with Crippen molar-refractivity contribution in [1.82, 2.24) is 29.6 Å². The van der Waals surface area contributed by atoms with Crippen LogP contribution in [0.15, 0.2) is 36.0 Å². The first-order valence-corrected chi connectivity index (χ1v) is 9.28. The predicted octanol–water partition coefficient (Wildman–Crippen LogP) is 1.97. The van der Waals surface area contributed by atoms with Gasteiger partial charge in [0, 0.05) is 30.9 Å². The van der Waals surface area contributed by atoms with Crippen LogP contribution < -0.4 is 0 Å². The first-order chi connectivity index (χ1) is 12.3. The van der Waals surface area contributed by atoms with Gasteiger partial charge in [0.2, 0.25) is 0 Å². The lowest BCUT2D eigenvalue weighted by atomic mass is 10.0. The number of ether oxygens (including phenoxy) is 1. The number of hydrogen-bond donors (Lipinski definition) is 0. The van der Waals surface area contributed by atoms with Gasteiger partial charge in [0.05, 0.1) is 13.1 Å². The van der Waals surface area contributed by atoms with E-state index in [9.17, 15) is 0 Å². The maximum atomic E-state index is 6.25. The average molecular weight is 354 g/mol. The maximum Gasteiger partial charge on any atom is 0.182 e. The molecule has 8 heteroatoms. The molecule has 5 rings (SSSR count). The summed E-state index contributed by atoms with van der Waals surface area (Å²) in [6.45, 7) is 4.10. The fourth-order valence-corrected chi connectivity index (χ4v) is 4.33. The van der Waals surface area contributed by atoms with Crippen molar-refractivity contribution in [1.29, 1.82) is 0 Å². The Balaban J connectivity index is 1.38. The highest BCUT2D eigenvalue weighted by molar-refractivity contribution is 7.09. The zero-order chi connectivity index (χ0) is 16.7. The highest BCUT2D eigenvalue weighted by atomic mass is 32.1. The van der Waals surface area contributed by atoms with E-state index in [0.29, 0.717) is 6.61 Å². The zero-order valence-electron chi connectivity index (χ0n) is 13.7. The number of aromatic nitrogens is 5. The number of pyridine rings is 1. The molecule has 0 aromatic carbocycles. The standard InChI is InChI=1S/C17H18N6OS/c1-2-5-18-13(3-1)16-21-20-14-10-24-17(12-23(14)16)4-7-22(11-17)9-15-19-6-8-25-15/h1-3,5-6,8H,4,7,9-12H2. The molecule has 2 aliphatic heterocycles. The Hall–Kier alpha value is -2.16. The number of likely N-dealkylation sites (tertiary alicyclic amines) is 1. The smallest absolute Gasteiger partial charge is 0.182 e. The molecule has 1 spiro atoms. The van der Waals surface area contributed by atoms with Gasteiger partial charge in [0.25, 0.3) is 0 Å². The van der Waals surface area contributed by atoms with Crippen LogP contribution in [0.1, 0.15) is 17.3 Å². The van der Waals surface area contributed by atoms with E-state index >= 15 is 0 Å². The highest BCUT2D eigenvalue weighted by Gasteiger charge is 2.43. The fourth-order valence-electron chi connectivity index (χ4n) is 3.68. The summed E-state index contributed by atoms with van der Waals surface area (Å²) in [4.78, 5) is 11.3. The van der Waals surface area contributed by atoms with E-state index in [1.54, 1.807) is 17.5 Å². The number of thiazole rings is 1. The second-order valence-electron chi connectivity index (χ2n) is 6.60. The molecule has 3 aromatic rings. The van der Waals surface area contributed by atoms with Crippen LogP contribution in [-0.2, 0) is 24.4 Å². The van der Waals surface area contributed by atoms with Crippen LogP contribution in [0.5, 0.6) is 0 Å². The first-order valence-electron chi connectivity index (χ1n) is 8.40. The molecule has 1 unspecified atom stereocenters. The number of fused-ring (bicyclic) bond motifs is 1. The number of nitrogens with zero attached hydrogens (tertiary/aromatic N) is 6. The van der Waals surface area contributed by atoms with Crippen LogP contribution >= 0.6 is 11.3 Å². The van der Waals surface area contributed by atoms with Gasteiger partial charge < -0.3 is 9.30 Å². The van der Waals surface area contributed by atoms with E-state index in [2.05, 4.69) is 29.6 Å². The minimum atomic E-state index is -0.170. The summed E-state index contributed by atoms with van der Waals surface area (Å²) in [6.07, 6.45) is 4.67. The summed E-state index contributed by atoms with van der Waals surface area (Å²) in [5.74, 6) is 1.71. The SMILES string of the molecule is c1ccc(-c2nnc3n2CC2(CCN(Cc4nccs4)C2)OC3)nc1. The van der Waals surface area contributed by atoms with Gasteiger partial charge in [-0.1, -0.05) is 6.07 Å². The molecule has 0 aliphatic carbocycles. The van der Waals surface area contributed by atoms with Gasteiger partial charge in [-0.05, 0) is 18.6 Å². The fraction of sp³-hybridized carbons (Fsp3) is 0.412. The van der Waals surface area contributed by atoms with Crippen molar-refractivity contribution in [2.75, 3.05) is 13.1 Å². The number of hydrogen-bond acceptors (Lipinski definition) is 7. The van der Waals surface area contributed by atoms with Gasteiger partial charge in [0.15, 0.2) is 11.6 Å². The molecular formula is C17H18N6OS. The van der Waals surface area contributed by atoms with Crippen molar-refractivity contribution in [3.05, 3.63) is 46.8 Å². The third-order valence-electron chi connectivity index (χ3n) is 4.91.